The Morgan fingerprint density at radius 1 is 1.09 bits per heavy atom. The highest BCUT2D eigenvalue weighted by Gasteiger charge is 2.55. The molecule has 0 unspecified atom stereocenters. The summed E-state index contributed by atoms with van der Waals surface area (Å²) in [5.74, 6) is 0.233. The molecule has 0 radical (unpaired) electrons. The largest absolute Gasteiger partial charge is 0.496 e. The van der Waals surface area contributed by atoms with Gasteiger partial charge in [-0.2, -0.15) is 0 Å². The molecule has 3 heterocycles. The zero-order chi connectivity index (χ0) is 22.9. The van der Waals surface area contributed by atoms with E-state index in [0.29, 0.717) is 17.9 Å². The predicted octanol–water partition coefficient (Wildman–Crippen LogP) is 2.65. The Morgan fingerprint density at radius 2 is 1.88 bits per heavy atom. The number of fused-ring (bicyclic) bond motifs is 3. The van der Waals surface area contributed by atoms with E-state index in [1.165, 1.54) is 0 Å². The fourth-order valence-electron chi connectivity index (χ4n) is 5.16. The number of anilines is 1. The van der Waals surface area contributed by atoms with Crippen molar-refractivity contribution in [3.63, 3.8) is 0 Å². The number of likely N-dealkylation sites (tertiary alicyclic amines) is 1. The van der Waals surface area contributed by atoms with Crippen LogP contribution in [-0.4, -0.2) is 59.1 Å². The Labute approximate surface area is 192 Å². The van der Waals surface area contributed by atoms with E-state index in [1.807, 2.05) is 42.5 Å². The molecule has 1 saturated heterocycles. The molecule has 2 aliphatic heterocycles. The smallest absolute Gasteiger partial charge is 0.262 e. The Hall–Kier alpha value is -3.71. The number of carbonyl (C=O) groups excluding carboxylic acids is 2. The summed E-state index contributed by atoms with van der Waals surface area (Å²) in [6.45, 7) is 0.225. The van der Waals surface area contributed by atoms with E-state index < -0.39 is 0 Å². The van der Waals surface area contributed by atoms with Crippen molar-refractivity contribution in [1.29, 1.82) is 0 Å². The molecular weight excluding hydrogens is 418 g/mol. The number of aromatic nitrogens is 1. The molecule has 5 rings (SSSR count). The van der Waals surface area contributed by atoms with Gasteiger partial charge in [0.2, 0.25) is 5.91 Å². The minimum Gasteiger partial charge on any atom is -0.496 e. The second-order valence-corrected chi connectivity index (χ2v) is 8.36. The number of carbonyl (C=O) groups is 2. The Kier molecular flexibility index (Phi) is 5.56. The SMILES string of the molecule is COc1ccccc1C(=O)N1C[C@@H]2[C@H](c3ccccc31)[C@H](CO)N2C(=O)Cc1cccnc1. The van der Waals surface area contributed by atoms with Gasteiger partial charge in [0.25, 0.3) is 5.91 Å². The van der Waals surface area contributed by atoms with E-state index in [-0.39, 0.29) is 42.8 Å². The molecule has 0 aliphatic carbocycles. The zero-order valence-corrected chi connectivity index (χ0v) is 18.3. The van der Waals surface area contributed by atoms with Crippen LogP contribution in [0.2, 0.25) is 0 Å². The number of pyridine rings is 1. The van der Waals surface area contributed by atoms with Gasteiger partial charge in [-0.1, -0.05) is 36.4 Å². The first kappa shape index (κ1) is 21.2. The number of hydrogen-bond acceptors (Lipinski definition) is 5. The molecule has 7 heteroatoms. The van der Waals surface area contributed by atoms with Crippen LogP contribution >= 0.6 is 0 Å². The molecule has 0 spiro atoms. The maximum absolute atomic E-state index is 13.6. The average Bonchev–Trinajstić information content (AvgIpc) is 2.84. The van der Waals surface area contributed by atoms with Crippen LogP contribution < -0.4 is 9.64 Å². The van der Waals surface area contributed by atoms with Crippen molar-refractivity contribution in [3.05, 3.63) is 89.7 Å². The topological polar surface area (TPSA) is 83.0 Å². The van der Waals surface area contributed by atoms with Crippen molar-refractivity contribution in [3.8, 4) is 5.75 Å². The molecule has 3 aromatic rings. The van der Waals surface area contributed by atoms with Crippen LogP contribution in [0.4, 0.5) is 5.69 Å². The predicted molar refractivity (Wildman–Crippen MR) is 123 cm³/mol. The van der Waals surface area contributed by atoms with Gasteiger partial charge in [-0.05, 0) is 35.4 Å². The fourth-order valence-corrected chi connectivity index (χ4v) is 5.16. The van der Waals surface area contributed by atoms with Gasteiger partial charge in [-0.3, -0.25) is 14.6 Å². The lowest BCUT2D eigenvalue weighted by Gasteiger charge is -2.59. The molecule has 0 saturated carbocycles. The second-order valence-electron chi connectivity index (χ2n) is 8.36. The normalized spacial score (nSPS) is 21.0. The number of nitrogens with zero attached hydrogens (tertiary/aromatic N) is 3. The Balaban J connectivity index is 1.49. The van der Waals surface area contributed by atoms with E-state index in [1.54, 1.807) is 47.5 Å². The molecule has 0 bridgehead atoms. The molecule has 33 heavy (non-hydrogen) atoms. The van der Waals surface area contributed by atoms with Gasteiger partial charge in [0.1, 0.15) is 5.75 Å². The third-order valence-corrected chi connectivity index (χ3v) is 6.64. The van der Waals surface area contributed by atoms with Crippen LogP contribution in [0, 0.1) is 0 Å². The maximum Gasteiger partial charge on any atom is 0.262 e. The highest BCUT2D eigenvalue weighted by molar-refractivity contribution is 6.09. The van der Waals surface area contributed by atoms with Gasteiger partial charge >= 0.3 is 0 Å². The molecule has 3 atom stereocenters. The number of rotatable bonds is 5. The molecule has 1 N–H and O–H groups in total. The van der Waals surface area contributed by atoms with E-state index in [0.717, 1.165) is 16.8 Å². The second kappa shape index (κ2) is 8.67. The highest BCUT2D eigenvalue weighted by Crippen LogP contribution is 2.48. The molecule has 7 nitrogen and oxygen atoms in total. The van der Waals surface area contributed by atoms with Crippen LogP contribution in [0.25, 0.3) is 0 Å². The van der Waals surface area contributed by atoms with Crippen molar-refractivity contribution in [2.45, 2.75) is 24.4 Å². The number of aliphatic hydroxyl groups excluding tert-OH is 1. The summed E-state index contributed by atoms with van der Waals surface area (Å²) in [4.78, 5) is 34.4. The van der Waals surface area contributed by atoms with Crippen LogP contribution in [0.15, 0.2) is 73.1 Å². The molecule has 168 valence electrons. The van der Waals surface area contributed by atoms with Crippen molar-refractivity contribution >= 4 is 17.5 Å². The third kappa shape index (κ3) is 3.54. The summed E-state index contributed by atoms with van der Waals surface area (Å²) in [7, 11) is 1.54. The first-order valence-corrected chi connectivity index (χ1v) is 11.0. The number of benzene rings is 2. The van der Waals surface area contributed by atoms with E-state index in [9.17, 15) is 14.7 Å². The van der Waals surface area contributed by atoms with Crippen molar-refractivity contribution in [2.75, 3.05) is 25.2 Å². The Bertz CT molecular complexity index is 1180. The summed E-state index contributed by atoms with van der Waals surface area (Å²) in [6.07, 6.45) is 3.55. The van der Waals surface area contributed by atoms with Gasteiger partial charge in [0, 0.05) is 30.5 Å². The number of ether oxygens (including phenoxy) is 1. The fraction of sp³-hybridized carbons (Fsp3) is 0.269. The van der Waals surface area contributed by atoms with Gasteiger partial charge in [-0.25, -0.2) is 0 Å². The third-order valence-electron chi connectivity index (χ3n) is 6.64. The first-order valence-electron chi connectivity index (χ1n) is 11.0. The van der Waals surface area contributed by atoms with E-state index in [4.69, 9.17) is 4.74 Å². The van der Waals surface area contributed by atoms with Crippen LogP contribution in [-0.2, 0) is 11.2 Å². The van der Waals surface area contributed by atoms with Crippen molar-refractivity contribution < 1.29 is 19.4 Å². The number of hydrogen-bond donors (Lipinski definition) is 1. The molecule has 2 amide bonds. The number of amides is 2. The number of methoxy groups -OCH3 is 1. The summed E-state index contributed by atoms with van der Waals surface area (Å²) in [5.41, 5.74) is 3.08. The monoisotopic (exact) mass is 443 g/mol. The standard InChI is InChI=1S/C26H25N3O4/c1-33-23-11-5-3-9-19(23)26(32)28-15-21-25(18-8-2-4-10-20(18)28)22(16-30)29(21)24(31)13-17-7-6-12-27-14-17/h2-12,14,21-22,25,30H,13,15-16H2,1H3/t21-,22+,25+/m1/s1. The van der Waals surface area contributed by atoms with Crippen LogP contribution in [0.1, 0.15) is 27.4 Å². The van der Waals surface area contributed by atoms with Gasteiger partial charge in [0.05, 0.1) is 37.8 Å². The summed E-state index contributed by atoms with van der Waals surface area (Å²) < 4.78 is 5.42. The summed E-state index contributed by atoms with van der Waals surface area (Å²) >= 11 is 0. The maximum atomic E-state index is 13.6. The highest BCUT2D eigenvalue weighted by atomic mass is 16.5. The first-order chi connectivity index (χ1) is 16.1. The minimum absolute atomic E-state index is 0.0224. The van der Waals surface area contributed by atoms with Crippen LogP contribution in [0.5, 0.6) is 5.75 Å². The summed E-state index contributed by atoms with van der Waals surface area (Å²) in [6, 6.07) is 18.0. The average molecular weight is 444 g/mol. The molecule has 2 aromatic carbocycles. The quantitative estimate of drug-likeness (QED) is 0.656. The van der Waals surface area contributed by atoms with Crippen molar-refractivity contribution in [1.82, 2.24) is 9.88 Å². The molecular formula is C26H25N3O4. The lowest BCUT2D eigenvalue weighted by atomic mass is 9.71. The lowest BCUT2D eigenvalue weighted by molar-refractivity contribution is -0.149. The van der Waals surface area contributed by atoms with Crippen molar-refractivity contribution in [2.24, 2.45) is 0 Å². The number of para-hydroxylation sites is 2. The lowest BCUT2D eigenvalue weighted by Crippen LogP contribution is -2.71. The Morgan fingerprint density at radius 3 is 2.64 bits per heavy atom. The van der Waals surface area contributed by atoms with Crippen LogP contribution in [0.3, 0.4) is 0 Å². The molecule has 2 aliphatic rings. The zero-order valence-electron chi connectivity index (χ0n) is 18.3. The van der Waals surface area contributed by atoms with Gasteiger partial charge < -0.3 is 19.6 Å². The van der Waals surface area contributed by atoms with Gasteiger partial charge in [0.15, 0.2) is 0 Å². The number of aliphatic hydroxyl groups is 1. The van der Waals surface area contributed by atoms with E-state index in [2.05, 4.69) is 4.98 Å². The molecule has 1 fully saturated rings. The molecule has 1 aromatic heterocycles. The van der Waals surface area contributed by atoms with E-state index >= 15 is 0 Å². The minimum atomic E-state index is -0.316. The van der Waals surface area contributed by atoms with Gasteiger partial charge in [-0.15, -0.1) is 0 Å². The summed E-state index contributed by atoms with van der Waals surface area (Å²) in [5, 5.41) is 10.2.